The Balaban J connectivity index is 1.73. The Morgan fingerprint density at radius 2 is 2.20 bits per heavy atom. The lowest BCUT2D eigenvalue weighted by Crippen LogP contribution is -2.41. The predicted molar refractivity (Wildman–Crippen MR) is 71.9 cm³/mol. The number of halogens is 1. The topological polar surface area (TPSA) is 63.8 Å². The molecule has 106 valence electrons. The molecular weight excluding hydrogens is 259 g/mol. The van der Waals surface area contributed by atoms with Gasteiger partial charge in [0.1, 0.15) is 0 Å². The monoisotopic (exact) mass is 276 g/mol. The summed E-state index contributed by atoms with van der Waals surface area (Å²) in [6.45, 7) is 2.59. The molecule has 0 radical (unpaired) electrons. The molecule has 5 nitrogen and oxygen atoms in total. The molecule has 1 fully saturated rings. The molecule has 1 aliphatic rings. The molecule has 0 atom stereocenters. The molecule has 0 spiro atoms. The highest BCUT2D eigenvalue weighted by atomic mass is 19.1. The lowest BCUT2D eigenvalue weighted by atomic mass is 9.66. The van der Waals surface area contributed by atoms with Crippen LogP contribution in [-0.4, -0.2) is 21.7 Å². The molecular formula is C14H17FN4O. The molecule has 2 aromatic rings. The van der Waals surface area contributed by atoms with Gasteiger partial charge in [0.25, 0.3) is 0 Å². The molecule has 0 saturated heterocycles. The van der Waals surface area contributed by atoms with E-state index in [2.05, 4.69) is 20.5 Å². The van der Waals surface area contributed by atoms with Gasteiger partial charge in [-0.1, -0.05) is 24.5 Å². The van der Waals surface area contributed by atoms with E-state index in [1.165, 1.54) is 6.07 Å². The van der Waals surface area contributed by atoms with Gasteiger partial charge in [-0.15, -0.1) is 5.10 Å². The summed E-state index contributed by atoms with van der Waals surface area (Å²) in [6, 6.07) is 5.38. The maximum Gasteiger partial charge on any atom is 0.315 e. The molecule has 0 aliphatic heterocycles. The number of rotatable bonds is 5. The highest BCUT2D eigenvalue weighted by Crippen LogP contribution is 2.42. The smallest absolute Gasteiger partial charge is 0.315 e. The zero-order chi connectivity index (χ0) is 14.0. The van der Waals surface area contributed by atoms with Gasteiger partial charge >= 0.3 is 6.01 Å². The lowest BCUT2D eigenvalue weighted by molar-refractivity contribution is 0.249. The second kappa shape index (κ2) is 5.19. The van der Waals surface area contributed by atoms with Crippen molar-refractivity contribution < 1.29 is 8.81 Å². The first-order chi connectivity index (χ1) is 9.72. The predicted octanol–water partition coefficient (Wildman–Crippen LogP) is 2.70. The SMILES string of the molecule is CCc1nnc(NCC2(c3cccc(F)n3)CCC2)o1. The van der Waals surface area contributed by atoms with E-state index in [9.17, 15) is 4.39 Å². The molecule has 0 bridgehead atoms. The standard InChI is InChI=1S/C14H17FN4O/c1-2-12-18-19-13(20-12)16-9-14(7-4-8-14)10-5-3-6-11(15)17-10/h3,5-6H,2,4,7-9H2,1H3,(H,16,19). The minimum Gasteiger partial charge on any atom is -0.408 e. The van der Waals surface area contributed by atoms with Crippen molar-refractivity contribution >= 4 is 6.01 Å². The fourth-order valence-electron chi connectivity index (χ4n) is 2.54. The third-order valence-corrected chi connectivity index (χ3v) is 3.92. The lowest BCUT2D eigenvalue weighted by Gasteiger charge is -2.41. The van der Waals surface area contributed by atoms with E-state index in [4.69, 9.17) is 4.42 Å². The summed E-state index contributed by atoms with van der Waals surface area (Å²) in [5.74, 6) is 0.180. The van der Waals surface area contributed by atoms with Crippen LogP contribution in [0.2, 0.25) is 0 Å². The van der Waals surface area contributed by atoms with Crippen molar-refractivity contribution in [2.24, 2.45) is 0 Å². The highest BCUT2D eigenvalue weighted by molar-refractivity contribution is 5.27. The molecule has 2 aromatic heterocycles. The van der Waals surface area contributed by atoms with E-state index in [1.54, 1.807) is 6.07 Å². The van der Waals surface area contributed by atoms with Gasteiger partial charge in [-0.05, 0) is 25.0 Å². The van der Waals surface area contributed by atoms with Crippen LogP contribution >= 0.6 is 0 Å². The van der Waals surface area contributed by atoms with Gasteiger partial charge in [0, 0.05) is 18.4 Å². The summed E-state index contributed by atoms with van der Waals surface area (Å²) in [5.41, 5.74) is 0.676. The number of aryl methyl sites for hydroxylation is 1. The van der Waals surface area contributed by atoms with Crippen molar-refractivity contribution in [1.29, 1.82) is 0 Å². The molecule has 3 rings (SSSR count). The Bertz CT molecular complexity index is 594. The Morgan fingerprint density at radius 3 is 2.80 bits per heavy atom. The van der Waals surface area contributed by atoms with Crippen LogP contribution in [0.25, 0.3) is 0 Å². The summed E-state index contributed by atoms with van der Waals surface area (Å²) in [7, 11) is 0. The summed E-state index contributed by atoms with van der Waals surface area (Å²) in [6.07, 6.45) is 3.83. The number of pyridine rings is 1. The number of aromatic nitrogens is 3. The Morgan fingerprint density at radius 1 is 1.35 bits per heavy atom. The van der Waals surface area contributed by atoms with Crippen molar-refractivity contribution in [2.45, 2.75) is 38.0 Å². The van der Waals surface area contributed by atoms with Crippen LogP contribution in [0.5, 0.6) is 0 Å². The van der Waals surface area contributed by atoms with Crippen LogP contribution in [0.1, 0.15) is 37.8 Å². The normalized spacial score (nSPS) is 16.7. The van der Waals surface area contributed by atoms with E-state index >= 15 is 0 Å². The Labute approximate surface area is 116 Å². The average Bonchev–Trinajstić information content (AvgIpc) is 2.86. The number of nitrogens with one attached hydrogen (secondary N) is 1. The largest absolute Gasteiger partial charge is 0.408 e. The number of nitrogens with zero attached hydrogens (tertiary/aromatic N) is 3. The van der Waals surface area contributed by atoms with Crippen LogP contribution in [0, 0.1) is 5.95 Å². The molecule has 1 N–H and O–H groups in total. The molecule has 2 heterocycles. The van der Waals surface area contributed by atoms with Crippen molar-refractivity contribution in [3.8, 4) is 0 Å². The quantitative estimate of drug-likeness (QED) is 0.851. The Hall–Kier alpha value is -1.98. The van der Waals surface area contributed by atoms with E-state index in [-0.39, 0.29) is 5.41 Å². The second-order valence-corrected chi connectivity index (χ2v) is 5.19. The van der Waals surface area contributed by atoms with E-state index < -0.39 is 5.95 Å². The van der Waals surface area contributed by atoms with Crippen LogP contribution in [-0.2, 0) is 11.8 Å². The molecule has 20 heavy (non-hydrogen) atoms. The van der Waals surface area contributed by atoms with Gasteiger partial charge in [-0.3, -0.25) is 0 Å². The molecule has 0 amide bonds. The third-order valence-electron chi connectivity index (χ3n) is 3.92. The first-order valence-electron chi connectivity index (χ1n) is 6.91. The van der Waals surface area contributed by atoms with Crippen LogP contribution in [0.3, 0.4) is 0 Å². The Kier molecular flexibility index (Phi) is 3.38. The highest BCUT2D eigenvalue weighted by Gasteiger charge is 2.40. The van der Waals surface area contributed by atoms with Gasteiger partial charge < -0.3 is 9.73 Å². The first kappa shape index (κ1) is 13.0. The third kappa shape index (κ3) is 2.37. The molecule has 0 unspecified atom stereocenters. The van der Waals surface area contributed by atoms with Gasteiger partial charge in [0.2, 0.25) is 11.8 Å². The number of hydrogen-bond donors (Lipinski definition) is 1. The van der Waals surface area contributed by atoms with Crippen LogP contribution in [0.4, 0.5) is 10.4 Å². The fourth-order valence-corrected chi connectivity index (χ4v) is 2.54. The van der Waals surface area contributed by atoms with E-state index in [0.29, 0.717) is 24.9 Å². The van der Waals surface area contributed by atoms with Crippen LogP contribution < -0.4 is 5.32 Å². The van der Waals surface area contributed by atoms with E-state index in [0.717, 1.165) is 25.0 Å². The van der Waals surface area contributed by atoms with Gasteiger partial charge in [0.05, 0.1) is 5.69 Å². The zero-order valence-electron chi connectivity index (χ0n) is 11.4. The average molecular weight is 276 g/mol. The minimum atomic E-state index is -0.431. The van der Waals surface area contributed by atoms with Gasteiger partial charge in [0.15, 0.2) is 0 Å². The fraction of sp³-hybridized carbons (Fsp3) is 0.500. The maximum absolute atomic E-state index is 13.3. The van der Waals surface area contributed by atoms with Gasteiger partial charge in [-0.25, -0.2) is 4.98 Å². The zero-order valence-corrected chi connectivity index (χ0v) is 11.4. The number of anilines is 1. The van der Waals surface area contributed by atoms with Gasteiger partial charge in [-0.2, -0.15) is 4.39 Å². The van der Waals surface area contributed by atoms with Crippen LogP contribution in [0.15, 0.2) is 22.6 Å². The first-order valence-corrected chi connectivity index (χ1v) is 6.91. The molecule has 6 heteroatoms. The minimum absolute atomic E-state index is 0.122. The van der Waals surface area contributed by atoms with Crippen molar-refractivity contribution in [1.82, 2.24) is 15.2 Å². The summed E-state index contributed by atoms with van der Waals surface area (Å²) < 4.78 is 18.7. The molecule has 0 aromatic carbocycles. The van der Waals surface area contributed by atoms with Crippen molar-refractivity contribution in [2.75, 3.05) is 11.9 Å². The van der Waals surface area contributed by atoms with Crippen molar-refractivity contribution in [3.05, 3.63) is 35.7 Å². The van der Waals surface area contributed by atoms with Crippen molar-refractivity contribution in [3.63, 3.8) is 0 Å². The van der Waals surface area contributed by atoms with E-state index in [1.807, 2.05) is 13.0 Å². The summed E-state index contributed by atoms with van der Waals surface area (Å²) >= 11 is 0. The molecule has 1 aliphatic carbocycles. The maximum atomic E-state index is 13.3. The summed E-state index contributed by atoms with van der Waals surface area (Å²) in [5, 5.41) is 11.0. The molecule has 1 saturated carbocycles. The second-order valence-electron chi connectivity index (χ2n) is 5.19. The number of hydrogen-bond acceptors (Lipinski definition) is 5. The summed E-state index contributed by atoms with van der Waals surface area (Å²) in [4.78, 5) is 4.03.